The lowest BCUT2D eigenvalue weighted by Gasteiger charge is -2.13. The molecule has 0 radical (unpaired) electrons. The van der Waals surface area contributed by atoms with Crippen molar-refractivity contribution in [2.24, 2.45) is 0 Å². The molecule has 1 heterocycles. The number of aromatic nitrogens is 2. The molecule has 1 aromatic carbocycles. The molecule has 1 N–H and O–H groups in total. The number of hydrogen-bond donors (Lipinski definition) is 1. The minimum atomic E-state index is -3.75. The summed E-state index contributed by atoms with van der Waals surface area (Å²) in [5.74, 6) is -1.29. The van der Waals surface area contributed by atoms with E-state index in [0.29, 0.717) is 17.8 Å². The minimum absolute atomic E-state index is 0.253. The molecule has 0 aliphatic rings. The molecule has 2 aromatic rings. The van der Waals surface area contributed by atoms with Gasteiger partial charge in [0.05, 0.1) is 11.4 Å². The summed E-state index contributed by atoms with van der Waals surface area (Å²) in [6.07, 6.45) is 1.31. The van der Waals surface area contributed by atoms with Crippen LogP contribution in [0.3, 0.4) is 0 Å². The summed E-state index contributed by atoms with van der Waals surface area (Å²) in [7, 11) is -3.75. The van der Waals surface area contributed by atoms with Crippen LogP contribution in [-0.2, 0) is 16.3 Å². The zero-order chi connectivity index (χ0) is 17.5. The number of nitrogens with zero attached hydrogens (tertiary/aromatic N) is 2. The van der Waals surface area contributed by atoms with Crippen molar-refractivity contribution in [3.8, 4) is 5.69 Å². The monoisotopic (exact) mass is 400 g/mol. The Morgan fingerprint density at radius 2 is 1.83 bits per heavy atom. The van der Waals surface area contributed by atoms with Gasteiger partial charge in [0.1, 0.15) is 5.56 Å². The van der Waals surface area contributed by atoms with E-state index in [0.717, 1.165) is 21.9 Å². The third kappa shape index (κ3) is 3.18. The van der Waals surface area contributed by atoms with Crippen LogP contribution in [0, 0.1) is 13.8 Å². The Kier molecular flexibility index (Phi) is 4.68. The van der Waals surface area contributed by atoms with Crippen molar-refractivity contribution in [1.82, 2.24) is 9.78 Å². The lowest BCUT2D eigenvalue weighted by molar-refractivity contribution is 0.0691. The molecule has 0 unspecified atom stereocenters. The quantitative estimate of drug-likeness (QED) is 0.851. The third-order valence-corrected chi connectivity index (χ3v) is 4.96. The Labute approximate surface area is 143 Å². The highest BCUT2D eigenvalue weighted by atomic mass is 79.9. The van der Waals surface area contributed by atoms with Gasteiger partial charge in [0.15, 0.2) is 14.9 Å². The molecular weight excluding hydrogens is 384 g/mol. The van der Waals surface area contributed by atoms with Crippen molar-refractivity contribution in [3.05, 3.63) is 39.0 Å². The van der Waals surface area contributed by atoms with E-state index in [1.807, 2.05) is 26.0 Å². The Morgan fingerprint density at radius 3 is 2.22 bits per heavy atom. The lowest BCUT2D eigenvalue weighted by Crippen LogP contribution is -2.08. The maximum absolute atomic E-state index is 11.9. The smallest absolute Gasteiger partial charge is 0.340 e. The molecular formula is C15H17BrN2O4S. The molecule has 0 saturated carbocycles. The maximum atomic E-state index is 11.9. The van der Waals surface area contributed by atoms with Gasteiger partial charge in [0.25, 0.3) is 0 Å². The molecule has 1 aromatic heterocycles. The summed E-state index contributed by atoms with van der Waals surface area (Å²) in [4.78, 5) is 11.6. The third-order valence-electron chi connectivity index (χ3n) is 3.52. The van der Waals surface area contributed by atoms with E-state index < -0.39 is 20.8 Å². The first kappa shape index (κ1) is 17.7. The van der Waals surface area contributed by atoms with Gasteiger partial charge in [-0.15, -0.1) is 0 Å². The van der Waals surface area contributed by atoms with E-state index >= 15 is 0 Å². The summed E-state index contributed by atoms with van der Waals surface area (Å²) in [6.45, 7) is 5.51. The number of aromatic carboxylic acids is 1. The summed E-state index contributed by atoms with van der Waals surface area (Å²) in [5, 5.41) is 13.2. The second-order valence-corrected chi connectivity index (χ2v) is 8.20. The number of aryl methyl sites for hydroxylation is 2. The van der Waals surface area contributed by atoms with E-state index in [1.165, 1.54) is 4.68 Å². The summed E-state index contributed by atoms with van der Waals surface area (Å²) >= 11 is 3.41. The van der Waals surface area contributed by atoms with Crippen LogP contribution in [-0.4, -0.2) is 35.5 Å². The van der Waals surface area contributed by atoms with Crippen LogP contribution in [0.2, 0.25) is 0 Å². The fourth-order valence-electron chi connectivity index (χ4n) is 2.65. The predicted octanol–water partition coefficient (Wildman–Crippen LogP) is 2.92. The maximum Gasteiger partial charge on any atom is 0.340 e. The highest BCUT2D eigenvalue weighted by Gasteiger charge is 2.29. The van der Waals surface area contributed by atoms with Crippen LogP contribution in [0.5, 0.6) is 0 Å². The number of carboxylic acid groups (broad SMARTS) is 1. The van der Waals surface area contributed by atoms with Gasteiger partial charge < -0.3 is 5.11 Å². The Balaban J connectivity index is 2.93. The van der Waals surface area contributed by atoms with E-state index in [2.05, 4.69) is 21.0 Å². The van der Waals surface area contributed by atoms with Gasteiger partial charge in [-0.1, -0.05) is 22.9 Å². The first-order valence-corrected chi connectivity index (χ1v) is 9.58. The number of carboxylic acids is 1. The highest BCUT2D eigenvalue weighted by molar-refractivity contribution is 9.10. The molecule has 0 saturated heterocycles. The van der Waals surface area contributed by atoms with E-state index in [1.54, 1.807) is 6.92 Å². The average molecular weight is 401 g/mol. The summed E-state index contributed by atoms with van der Waals surface area (Å²) in [6, 6.07) is 3.76. The van der Waals surface area contributed by atoms with Crippen molar-refractivity contribution >= 4 is 31.7 Å². The van der Waals surface area contributed by atoms with E-state index in [9.17, 15) is 18.3 Å². The molecule has 0 amide bonds. The molecule has 0 fully saturated rings. The van der Waals surface area contributed by atoms with Crippen molar-refractivity contribution in [2.45, 2.75) is 32.2 Å². The van der Waals surface area contributed by atoms with E-state index in [-0.39, 0.29) is 5.56 Å². The van der Waals surface area contributed by atoms with Crippen molar-refractivity contribution < 1.29 is 18.3 Å². The SMILES string of the molecule is CCc1c(C(=O)O)c(S(C)(=O)=O)nn1-c1c(C)cc(Br)cc1C. The first-order chi connectivity index (χ1) is 10.6. The molecule has 2 rings (SSSR count). The molecule has 124 valence electrons. The molecule has 0 aliphatic heterocycles. The Hall–Kier alpha value is -1.67. The van der Waals surface area contributed by atoms with Crippen LogP contribution in [0.25, 0.3) is 5.69 Å². The molecule has 0 spiro atoms. The van der Waals surface area contributed by atoms with Crippen molar-refractivity contribution in [2.75, 3.05) is 6.26 Å². The second-order valence-electron chi connectivity index (χ2n) is 5.36. The van der Waals surface area contributed by atoms with Gasteiger partial charge in [-0.2, -0.15) is 5.10 Å². The fourth-order valence-corrected chi connectivity index (χ4v) is 4.15. The topological polar surface area (TPSA) is 89.3 Å². The van der Waals surface area contributed by atoms with Gasteiger partial charge in [0, 0.05) is 10.7 Å². The number of rotatable bonds is 4. The zero-order valence-corrected chi connectivity index (χ0v) is 15.6. The predicted molar refractivity (Wildman–Crippen MR) is 90.2 cm³/mol. The number of hydrogen-bond acceptors (Lipinski definition) is 4. The van der Waals surface area contributed by atoms with Crippen LogP contribution in [0.4, 0.5) is 0 Å². The van der Waals surface area contributed by atoms with E-state index in [4.69, 9.17) is 0 Å². The number of halogens is 1. The van der Waals surface area contributed by atoms with Gasteiger partial charge >= 0.3 is 5.97 Å². The molecule has 0 atom stereocenters. The van der Waals surface area contributed by atoms with Crippen LogP contribution < -0.4 is 0 Å². The van der Waals surface area contributed by atoms with Crippen molar-refractivity contribution in [1.29, 1.82) is 0 Å². The number of benzene rings is 1. The van der Waals surface area contributed by atoms with Crippen LogP contribution in [0.15, 0.2) is 21.6 Å². The largest absolute Gasteiger partial charge is 0.478 e. The summed E-state index contributed by atoms with van der Waals surface area (Å²) < 4.78 is 26.2. The van der Waals surface area contributed by atoms with Crippen LogP contribution >= 0.6 is 15.9 Å². The lowest BCUT2D eigenvalue weighted by atomic mass is 10.1. The molecule has 0 bridgehead atoms. The minimum Gasteiger partial charge on any atom is -0.478 e. The number of carbonyl (C=O) groups is 1. The zero-order valence-electron chi connectivity index (χ0n) is 13.2. The molecule has 23 heavy (non-hydrogen) atoms. The van der Waals surface area contributed by atoms with Crippen molar-refractivity contribution in [3.63, 3.8) is 0 Å². The summed E-state index contributed by atoms with van der Waals surface area (Å²) in [5.41, 5.74) is 2.54. The molecule has 0 aliphatic carbocycles. The standard InChI is InChI=1S/C15H17BrN2O4S/c1-5-11-12(15(19)20)14(23(4,21)22)17-18(11)13-8(2)6-10(16)7-9(13)3/h6-7H,5H2,1-4H3,(H,19,20). The van der Waals surface area contributed by atoms with Gasteiger partial charge in [-0.25, -0.2) is 17.9 Å². The fraction of sp³-hybridized carbons (Fsp3) is 0.333. The number of sulfone groups is 1. The van der Waals surface area contributed by atoms with Gasteiger partial charge in [-0.3, -0.25) is 0 Å². The Bertz CT molecular complexity index is 877. The van der Waals surface area contributed by atoms with Gasteiger partial charge in [0.2, 0.25) is 0 Å². The average Bonchev–Trinajstić information content (AvgIpc) is 2.76. The van der Waals surface area contributed by atoms with Crippen LogP contribution in [0.1, 0.15) is 34.1 Å². The normalized spacial score (nSPS) is 11.7. The highest BCUT2D eigenvalue weighted by Crippen LogP contribution is 2.29. The second kappa shape index (κ2) is 6.09. The molecule has 6 nitrogen and oxygen atoms in total. The van der Waals surface area contributed by atoms with Gasteiger partial charge in [-0.05, 0) is 43.5 Å². The first-order valence-electron chi connectivity index (χ1n) is 6.90. The molecule has 8 heteroatoms. The Morgan fingerprint density at radius 1 is 1.30 bits per heavy atom.